The van der Waals surface area contributed by atoms with Gasteiger partial charge in [-0.05, 0) is 49.6 Å². The first-order chi connectivity index (χ1) is 14.4. The van der Waals surface area contributed by atoms with Gasteiger partial charge in [-0.1, -0.05) is 23.8 Å². The van der Waals surface area contributed by atoms with E-state index in [9.17, 15) is 13.2 Å². The predicted molar refractivity (Wildman–Crippen MR) is 113 cm³/mol. The highest BCUT2D eigenvalue weighted by atomic mass is 32.2. The number of sulfone groups is 1. The highest BCUT2D eigenvalue weighted by Gasteiger charge is 2.37. The zero-order chi connectivity index (χ0) is 20.9. The molecular formula is C22H22N4O3S. The largest absolute Gasteiger partial charge is 0.350 e. The molecule has 2 N–H and O–H groups in total. The third-order valence-corrected chi connectivity index (χ3v) is 7.30. The van der Waals surface area contributed by atoms with E-state index < -0.39 is 9.84 Å². The SMILES string of the molecule is Cc1ccc(S(=O)(=O)CC2=CCN(C3CC3)C3=C2NC(=O)c2cccnc2N3)cc1. The summed E-state index contributed by atoms with van der Waals surface area (Å²) in [5.41, 5.74) is 2.55. The number of aryl methyl sites for hydroxylation is 1. The minimum atomic E-state index is -3.56. The maximum absolute atomic E-state index is 13.1. The second-order valence-electron chi connectivity index (χ2n) is 7.89. The number of allylic oxidation sites excluding steroid dienone is 1. The Labute approximate surface area is 175 Å². The van der Waals surface area contributed by atoms with Gasteiger partial charge in [0.05, 0.1) is 21.9 Å². The maximum atomic E-state index is 13.1. The van der Waals surface area contributed by atoms with Gasteiger partial charge in [-0.25, -0.2) is 13.4 Å². The normalized spacial score (nSPS) is 18.6. The van der Waals surface area contributed by atoms with Gasteiger partial charge < -0.3 is 15.5 Å². The number of anilines is 1. The number of carbonyl (C=O) groups is 1. The number of rotatable bonds is 4. The molecule has 1 fully saturated rings. The van der Waals surface area contributed by atoms with Gasteiger partial charge in [0.2, 0.25) is 0 Å². The van der Waals surface area contributed by atoms with E-state index in [-0.39, 0.29) is 16.6 Å². The van der Waals surface area contributed by atoms with Crippen molar-refractivity contribution >= 4 is 21.6 Å². The number of amides is 1. The van der Waals surface area contributed by atoms with Crippen molar-refractivity contribution in [3.8, 4) is 0 Å². The molecule has 0 radical (unpaired) electrons. The average Bonchev–Trinajstić information content (AvgIpc) is 3.56. The number of carbonyl (C=O) groups excluding carboxylic acids is 1. The van der Waals surface area contributed by atoms with Crippen LogP contribution in [0.5, 0.6) is 0 Å². The Morgan fingerprint density at radius 3 is 2.63 bits per heavy atom. The zero-order valence-corrected chi connectivity index (χ0v) is 17.4. The molecule has 0 spiro atoms. The second kappa shape index (κ2) is 6.98. The van der Waals surface area contributed by atoms with Gasteiger partial charge in [0.25, 0.3) is 5.91 Å². The van der Waals surface area contributed by atoms with Crippen LogP contribution in [0.15, 0.2) is 70.7 Å². The number of hydrogen-bond donors (Lipinski definition) is 2. The van der Waals surface area contributed by atoms with E-state index in [1.807, 2.05) is 13.0 Å². The molecule has 1 amide bonds. The Balaban J connectivity index is 1.53. The van der Waals surface area contributed by atoms with Crippen LogP contribution in [0.3, 0.4) is 0 Å². The Morgan fingerprint density at radius 1 is 1.13 bits per heavy atom. The lowest BCUT2D eigenvalue weighted by molar-refractivity contribution is 0.0966. The lowest BCUT2D eigenvalue weighted by atomic mass is 10.1. The van der Waals surface area contributed by atoms with Gasteiger partial charge in [0.1, 0.15) is 11.6 Å². The fourth-order valence-electron chi connectivity index (χ4n) is 3.84. The first kappa shape index (κ1) is 18.9. The summed E-state index contributed by atoms with van der Waals surface area (Å²) in [6, 6.07) is 10.6. The fraction of sp³-hybridized carbons (Fsp3) is 0.273. The van der Waals surface area contributed by atoms with E-state index in [1.54, 1.807) is 42.6 Å². The molecule has 0 atom stereocenters. The van der Waals surface area contributed by atoms with E-state index in [1.165, 1.54) is 0 Å². The van der Waals surface area contributed by atoms with Crippen LogP contribution < -0.4 is 10.6 Å². The first-order valence-corrected chi connectivity index (χ1v) is 11.6. The standard InChI is InChI=1S/C22H22N4O3S/c1-14-4-8-17(9-5-14)30(28,29)13-15-10-12-26(16-6-7-16)21-19(15)24-22(27)18-3-2-11-23-20(18)25-21/h2-5,8-11,16H,6-7,12-13H2,1H3,(H,23,25)(H,24,27). The summed E-state index contributed by atoms with van der Waals surface area (Å²) in [7, 11) is -3.56. The van der Waals surface area contributed by atoms with Gasteiger partial charge >= 0.3 is 0 Å². The van der Waals surface area contributed by atoms with Crippen molar-refractivity contribution in [2.24, 2.45) is 0 Å². The molecule has 2 aromatic rings. The van der Waals surface area contributed by atoms with Crippen LogP contribution in [0, 0.1) is 6.92 Å². The quantitative estimate of drug-likeness (QED) is 0.787. The summed E-state index contributed by atoms with van der Waals surface area (Å²) < 4.78 is 26.2. The maximum Gasteiger partial charge on any atom is 0.259 e. The van der Waals surface area contributed by atoms with Crippen LogP contribution in [-0.2, 0) is 9.84 Å². The molecule has 8 heteroatoms. The summed E-state index contributed by atoms with van der Waals surface area (Å²) in [6.07, 6.45) is 5.69. The lowest BCUT2D eigenvalue weighted by Gasteiger charge is -2.32. The van der Waals surface area contributed by atoms with Crippen LogP contribution >= 0.6 is 0 Å². The van der Waals surface area contributed by atoms with Crippen LogP contribution in [-0.4, -0.2) is 42.5 Å². The Morgan fingerprint density at radius 2 is 1.90 bits per heavy atom. The lowest BCUT2D eigenvalue weighted by Crippen LogP contribution is -2.38. The molecule has 0 unspecified atom stereocenters. The van der Waals surface area contributed by atoms with Crippen LogP contribution in [0.1, 0.15) is 28.8 Å². The second-order valence-corrected chi connectivity index (χ2v) is 9.88. The summed E-state index contributed by atoms with van der Waals surface area (Å²) >= 11 is 0. The summed E-state index contributed by atoms with van der Waals surface area (Å²) in [6.45, 7) is 2.51. The molecule has 3 heterocycles. The molecule has 1 saturated carbocycles. The number of hydrogen-bond acceptors (Lipinski definition) is 6. The minimum absolute atomic E-state index is 0.181. The van der Waals surface area contributed by atoms with Gasteiger partial charge in [0, 0.05) is 18.8 Å². The van der Waals surface area contributed by atoms with E-state index >= 15 is 0 Å². The average molecular weight is 423 g/mol. The van der Waals surface area contributed by atoms with Crippen molar-refractivity contribution in [1.29, 1.82) is 0 Å². The van der Waals surface area contributed by atoms with Gasteiger partial charge in [-0.15, -0.1) is 0 Å². The molecule has 1 aromatic heterocycles. The molecule has 2 aliphatic heterocycles. The van der Waals surface area contributed by atoms with E-state index in [0.29, 0.717) is 35.2 Å². The van der Waals surface area contributed by atoms with Gasteiger partial charge in [-0.2, -0.15) is 0 Å². The Kier molecular flexibility index (Phi) is 4.39. The van der Waals surface area contributed by atoms with Crippen molar-refractivity contribution in [2.45, 2.75) is 30.7 Å². The van der Waals surface area contributed by atoms with E-state index in [0.717, 1.165) is 24.2 Å². The molecular weight excluding hydrogens is 400 g/mol. The molecule has 5 rings (SSSR count). The van der Waals surface area contributed by atoms with Crippen LogP contribution in [0.2, 0.25) is 0 Å². The van der Waals surface area contributed by atoms with Crippen molar-refractivity contribution in [3.63, 3.8) is 0 Å². The molecule has 3 aliphatic rings. The predicted octanol–water partition coefficient (Wildman–Crippen LogP) is 2.59. The van der Waals surface area contributed by atoms with E-state index in [2.05, 4.69) is 20.5 Å². The first-order valence-electron chi connectivity index (χ1n) is 9.95. The van der Waals surface area contributed by atoms with Crippen molar-refractivity contribution < 1.29 is 13.2 Å². The Hall–Kier alpha value is -3.13. The number of pyridine rings is 1. The molecule has 30 heavy (non-hydrogen) atoms. The highest BCUT2D eigenvalue weighted by molar-refractivity contribution is 7.91. The van der Waals surface area contributed by atoms with Crippen LogP contribution in [0.4, 0.5) is 5.82 Å². The number of fused-ring (bicyclic) bond motifs is 1. The Bertz CT molecular complexity index is 1200. The molecule has 0 bridgehead atoms. The van der Waals surface area contributed by atoms with Crippen LogP contribution in [0.25, 0.3) is 0 Å². The number of nitrogens with one attached hydrogen (secondary N) is 2. The number of nitrogens with zero attached hydrogens (tertiary/aromatic N) is 2. The molecule has 7 nitrogen and oxygen atoms in total. The molecule has 154 valence electrons. The third kappa shape index (κ3) is 3.37. The topological polar surface area (TPSA) is 91.4 Å². The minimum Gasteiger partial charge on any atom is -0.350 e. The van der Waals surface area contributed by atoms with Crippen molar-refractivity contribution in [2.75, 3.05) is 17.6 Å². The third-order valence-electron chi connectivity index (χ3n) is 5.62. The summed E-state index contributed by atoms with van der Waals surface area (Å²) in [4.78, 5) is 19.6. The number of aromatic nitrogens is 1. The monoisotopic (exact) mass is 422 g/mol. The summed E-state index contributed by atoms with van der Waals surface area (Å²) in [5, 5.41) is 6.25. The highest BCUT2D eigenvalue weighted by Crippen LogP contribution is 2.36. The molecule has 1 aliphatic carbocycles. The smallest absolute Gasteiger partial charge is 0.259 e. The van der Waals surface area contributed by atoms with Gasteiger partial charge in [0.15, 0.2) is 9.84 Å². The van der Waals surface area contributed by atoms with Gasteiger partial charge in [-0.3, -0.25) is 4.79 Å². The van der Waals surface area contributed by atoms with Crippen molar-refractivity contribution in [3.05, 3.63) is 76.9 Å². The van der Waals surface area contributed by atoms with Crippen molar-refractivity contribution in [1.82, 2.24) is 15.2 Å². The molecule has 0 saturated heterocycles. The van der Waals surface area contributed by atoms with E-state index in [4.69, 9.17) is 0 Å². The zero-order valence-electron chi connectivity index (χ0n) is 16.6. The summed E-state index contributed by atoms with van der Waals surface area (Å²) in [5.74, 6) is 0.721. The fourth-order valence-corrected chi connectivity index (χ4v) is 5.22. The number of benzene rings is 1. The molecule has 1 aromatic carbocycles.